The molecular weight excluding hydrogens is 378 g/mol. The lowest BCUT2D eigenvalue weighted by Crippen LogP contribution is -2.46. The Bertz CT molecular complexity index is 983. The van der Waals surface area contributed by atoms with Gasteiger partial charge in [0.1, 0.15) is 24.7 Å². The molecule has 4 rings (SSSR count). The van der Waals surface area contributed by atoms with Gasteiger partial charge >= 0.3 is 0 Å². The molecule has 0 unspecified atom stereocenters. The molecule has 144 valence electrons. The van der Waals surface area contributed by atoms with Gasteiger partial charge in [0, 0.05) is 30.2 Å². The Balaban J connectivity index is 1.39. The first-order valence-corrected chi connectivity index (χ1v) is 9.48. The highest BCUT2D eigenvalue weighted by Gasteiger charge is 2.16. The van der Waals surface area contributed by atoms with Crippen LogP contribution in [0, 0.1) is 0 Å². The van der Waals surface area contributed by atoms with Crippen molar-refractivity contribution in [2.75, 3.05) is 13.2 Å². The largest absolute Gasteiger partial charge is 0.492 e. The third-order valence-electron chi connectivity index (χ3n) is 4.56. The van der Waals surface area contributed by atoms with E-state index in [4.69, 9.17) is 21.1 Å². The van der Waals surface area contributed by atoms with Crippen LogP contribution in [-0.4, -0.2) is 28.7 Å². The van der Waals surface area contributed by atoms with Crippen LogP contribution in [-0.2, 0) is 6.61 Å². The van der Waals surface area contributed by atoms with Crippen molar-refractivity contribution in [1.29, 1.82) is 0 Å². The second-order valence-electron chi connectivity index (χ2n) is 6.57. The van der Waals surface area contributed by atoms with E-state index >= 15 is 0 Å². The fourth-order valence-corrected chi connectivity index (χ4v) is 2.92. The molecule has 0 saturated carbocycles. The molecule has 0 spiro atoms. The molecule has 3 aromatic rings. The first-order chi connectivity index (χ1) is 13.7. The predicted molar refractivity (Wildman–Crippen MR) is 108 cm³/mol. The minimum Gasteiger partial charge on any atom is -0.492 e. The van der Waals surface area contributed by atoms with Gasteiger partial charge in [-0.15, -0.1) is 0 Å². The molecule has 0 amide bonds. The second-order valence-corrected chi connectivity index (χ2v) is 7.01. The molecule has 0 radical (unpaired) electrons. The highest BCUT2D eigenvalue weighted by Crippen LogP contribution is 2.17. The first-order valence-electron chi connectivity index (χ1n) is 9.10. The fraction of sp³-hybridized carbons (Fsp3) is 0.238. The summed E-state index contributed by atoms with van der Waals surface area (Å²) in [6.45, 7) is 1.99. The maximum Gasteiger partial charge on any atom is 0.258 e. The minimum absolute atomic E-state index is 0.172. The lowest BCUT2D eigenvalue weighted by atomic mass is 10.1. The van der Waals surface area contributed by atoms with Gasteiger partial charge in [0.15, 0.2) is 0 Å². The molecule has 1 aliphatic rings. The smallest absolute Gasteiger partial charge is 0.258 e. The molecule has 1 N–H and O–H groups in total. The number of hydrogen-bond acceptors (Lipinski definition) is 5. The van der Waals surface area contributed by atoms with Crippen molar-refractivity contribution in [2.45, 2.75) is 19.1 Å². The summed E-state index contributed by atoms with van der Waals surface area (Å²) in [7, 11) is 0. The third-order valence-corrected chi connectivity index (χ3v) is 4.78. The van der Waals surface area contributed by atoms with E-state index in [-0.39, 0.29) is 12.2 Å². The SMILES string of the molecule is O=c1cc(OCc2ccc(Cl)cn2)ccn1-c1ccc(OC[C@@H]2CCN2)cc1. The van der Waals surface area contributed by atoms with Gasteiger partial charge in [-0.05, 0) is 55.4 Å². The number of rotatable bonds is 7. The predicted octanol–water partition coefficient (Wildman–Crippen LogP) is 3.21. The van der Waals surface area contributed by atoms with E-state index in [0.29, 0.717) is 23.4 Å². The van der Waals surface area contributed by atoms with Crippen molar-refractivity contribution in [3.05, 3.63) is 82.0 Å². The Morgan fingerprint density at radius 3 is 2.57 bits per heavy atom. The van der Waals surface area contributed by atoms with Crippen LogP contribution in [0.4, 0.5) is 0 Å². The average molecular weight is 398 g/mol. The summed E-state index contributed by atoms with van der Waals surface area (Å²) < 4.78 is 13.0. The van der Waals surface area contributed by atoms with E-state index in [2.05, 4.69) is 10.3 Å². The zero-order chi connectivity index (χ0) is 19.3. The molecule has 1 aromatic carbocycles. The first kappa shape index (κ1) is 18.5. The van der Waals surface area contributed by atoms with Crippen molar-refractivity contribution in [3.8, 4) is 17.2 Å². The summed E-state index contributed by atoms with van der Waals surface area (Å²) in [6, 6.07) is 14.7. The molecule has 1 aliphatic heterocycles. The van der Waals surface area contributed by atoms with Crippen LogP contribution in [0.15, 0.2) is 65.7 Å². The number of ether oxygens (including phenoxy) is 2. The van der Waals surface area contributed by atoms with Crippen LogP contribution in [0.25, 0.3) is 5.69 Å². The summed E-state index contributed by atoms with van der Waals surface area (Å²) >= 11 is 5.82. The summed E-state index contributed by atoms with van der Waals surface area (Å²) in [6.07, 6.45) is 4.41. The zero-order valence-corrected chi connectivity index (χ0v) is 15.9. The summed E-state index contributed by atoms with van der Waals surface area (Å²) in [5.74, 6) is 1.28. The number of nitrogens with zero attached hydrogens (tertiary/aromatic N) is 2. The van der Waals surface area contributed by atoms with E-state index < -0.39 is 0 Å². The van der Waals surface area contributed by atoms with Gasteiger partial charge in [0.25, 0.3) is 5.56 Å². The lowest BCUT2D eigenvalue weighted by molar-refractivity contribution is 0.217. The fourth-order valence-electron chi connectivity index (χ4n) is 2.80. The van der Waals surface area contributed by atoms with Crippen LogP contribution in [0.2, 0.25) is 5.02 Å². The van der Waals surface area contributed by atoms with Crippen molar-refractivity contribution >= 4 is 11.6 Å². The Morgan fingerprint density at radius 2 is 1.93 bits per heavy atom. The lowest BCUT2D eigenvalue weighted by Gasteiger charge is -2.27. The number of aromatic nitrogens is 2. The molecular formula is C21H20ClN3O3. The number of nitrogens with one attached hydrogen (secondary N) is 1. The topological polar surface area (TPSA) is 65.4 Å². The van der Waals surface area contributed by atoms with Crippen LogP contribution < -0.4 is 20.3 Å². The van der Waals surface area contributed by atoms with Crippen molar-refractivity contribution < 1.29 is 9.47 Å². The van der Waals surface area contributed by atoms with E-state index in [1.165, 1.54) is 6.07 Å². The Kier molecular flexibility index (Phi) is 5.60. The Labute approximate surface area is 167 Å². The Hall–Kier alpha value is -2.83. The van der Waals surface area contributed by atoms with Crippen molar-refractivity contribution in [3.63, 3.8) is 0 Å². The highest BCUT2D eigenvalue weighted by atomic mass is 35.5. The molecule has 6 nitrogen and oxygen atoms in total. The molecule has 3 heterocycles. The van der Waals surface area contributed by atoms with Crippen LogP contribution in [0.5, 0.6) is 11.5 Å². The average Bonchev–Trinajstić information content (AvgIpc) is 2.67. The maximum absolute atomic E-state index is 12.5. The second kappa shape index (κ2) is 8.46. The molecule has 0 bridgehead atoms. The molecule has 0 aliphatic carbocycles. The monoisotopic (exact) mass is 397 g/mol. The minimum atomic E-state index is -0.172. The Morgan fingerprint density at radius 1 is 1.11 bits per heavy atom. The summed E-state index contributed by atoms with van der Waals surface area (Å²) in [5.41, 5.74) is 1.33. The quantitative estimate of drug-likeness (QED) is 0.663. The van der Waals surface area contributed by atoms with E-state index in [9.17, 15) is 4.79 Å². The third kappa shape index (κ3) is 4.52. The molecule has 2 aromatic heterocycles. The van der Waals surface area contributed by atoms with Gasteiger partial charge in [-0.3, -0.25) is 14.3 Å². The number of benzene rings is 1. The number of hydrogen-bond donors (Lipinski definition) is 1. The molecule has 1 fully saturated rings. The van der Waals surface area contributed by atoms with Gasteiger partial charge < -0.3 is 14.8 Å². The van der Waals surface area contributed by atoms with Gasteiger partial charge in [0.05, 0.1) is 10.7 Å². The molecule has 1 saturated heterocycles. The maximum atomic E-state index is 12.5. The van der Waals surface area contributed by atoms with Crippen LogP contribution in [0.1, 0.15) is 12.1 Å². The summed E-state index contributed by atoms with van der Waals surface area (Å²) in [4.78, 5) is 16.6. The molecule has 1 atom stereocenters. The van der Waals surface area contributed by atoms with Crippen LogP contribution >= 0.6 is 11.6 Å². The van der Waals surface area contributed by atoms with Gasteiger partial charge in [-0.25, -0.2) is 0 Å². The molecule has 7 heteroatoms. The standard InChI is InChI=1S/C21H20ClN3O3/c22-15-1-2-16(24-12-15)13-28-20-8-10-25(21(26)11-20)18-3-5-19(6-4-18)27-14-17-7-9-23-17/h1-6,8,10-12,17,23H,7,9,13-14H2/t17-/m0/s1. The van der Waals surface area contributed by atoms with E-state index in [1.807, 2.05) is 24.3 Å². The number of halogens is 1. The highest BCUT2D eigenvalue weighted by molar-refractivity contribution is 6.30. The van der Waals surface area contributed by atoms with E-state index in [0.717, 1.165) is 30.1 Å². The van der Waals surface area contributed by atoms with Crippen molar-refractivity contribution in [1.82, 2.24) is 14.9 Å². The van der Waals surface area contributed by atoms with Crippen LogP contribution in [0.3, 0.4) is 0 Å². The summed E-state index contributed by atoms with van der Waals surface area (Å²) in [5, 5.41) is 3.87. The van der Waals surface area contributed by atoms with Gasteiger partial charge in [-0.2, -0.15) is 0 Å². The molecule has 28 heavy (non-hydrogen) atoms. The normalized spacial score (nSPS) is 15.7. The van der Waals surface area contributed by atoms with E-state index in [1.54, 1.807) is 35.2 Å². The van der Waals surface area contributed by atoms with Gasteiger partial charge in [-0.1, -0.05) is 11.6 Å². The van der Waals surface area contributed by atoms with Gasteiger partial charge in [0.2, 0.25) is 0 Å². The number of pyridine rings is 2. The van der Waals surface area contributed by atoms with Crippen molar-refractivity contribution in [2.24, 2.45) is 0 Å². The zero-order valence-electron chi connectivity index (χ0n) is 15.2.